The van der Waals surface area contributed by atoms with Crippen LogP contribution in [0.25, 0.3) is 0 Å². The number of phenolic OH excluding ortho intramolecular Hbond substituents is 2. The van der Waals surface area contributed by atoms with Crippen LogP contribution in [0.2, 0.25) is 5.02 Å². The number of rotatable bonds is 7. The van der Waals surface area contributed by atoms with E-state index in [0.29, 0.717) is 31.6 Å². The minimum atomic E-state index is -0.731. The average Bonchev–Trinajstić information content (AvgIpc) is 2.82. The average molecular weight is 521 g/mol. The van der Waals surface area contributed by atoms with Crippen molar-refractivity contribution in [1.82, 2.24) is 4.90 Å². The van der Waals surface area contributed by atoms with E-state index < -0.39 is 11.7 Å². The topological polar surface area (TPSA) is 109 Å². The van der Waals surface area contributed by atoms with Gasteiger partial charge in [-0.25, -0.2) is 4.79 Å². The van der Waals surface area contributed by atoms with Crippen LogP contribution in [-0.4, -0.2) is 58.5 Å². The molecule has 0 saturated heterocycles. The van der Waals surface area contributed by atoms with E-state index in [1.165, 1.54) is 0 Å². The third-order valence-corrected chi connectivity index (χ3v) is 6.36. The number of halogens is 1. The Morgan fingerprint density at radius 3 is 2.61 bits per heavy atom. The van der Waals surface area contributed by atoms with Crippen LogP contribution in [0.3, 0.4) is 0 Å². The number of aromatic hydroxyl groups is 2. The van der Waals surface area contributed by atoms with Crippen molar-refractivity contribution in [2.24, 2.45) is 5.16 Å². The SMILES string of the molecule is CCCC1C/C=C/CC/C(C)=C/C(=N/OCC(=O)N(CC)CC)Cc2c(Cl)c(O)cc(O)c2C(=O)O1. The highest BCUT2D eigenvalue weighted by atomic mass is 35.5. The number of carbonyl (C=O) groups excluding carboxylic acids is 2. The first-order valence-corrected chi connectivity index (χ1v) is 12.8. The zero-order valence-corrected chi connectivity index (χ0v) is 22.3. The Morgan fingerprint density at radius 2 is 1.94 bits per heavy atom. The third kappa shape index (κ3) is 8.29. The number of allylic oxidation sites excluding steroid dienone is 3. The molecule has 8 nitrogen and oxygen atoms in total. The fraction of sp³-hybridized carbons (Fsp3) is 0.519. The summed E-state index contributed by atoms with van der Waals surface area (Å²) in [7, 11) is 0. The van der Waals surface area contributed by atoms with Gasteiger partial charge < -0.3 is 24.7 Å². The largest absolute Gasteiger partial charge is 0.507 e. The number of fused-ring (bicyclic) bond motifs is 1. The van der Waals surface area contributed by atoms with Crippen molar-refractivity contribution in [3.8, 4) is 11.5 Å². The molecule has 1 aliphatic rings. The van der Waals surface area contributed by atoms with E-state index in [1.807, 2.05) is 33.8 Å². The summed E-state index contributed by atoms with van der Waals surface area (Å²) in [5.74, 6) is -1.73. The number of cyclic esters (lactones) is 1. The van der Waals surface area contributed by atoms with Crippen LogP contribution in [0.4, 0.5) is 0 Å². The van der Waals surface area contributed by atoms with Crippen molar-refractivity contribution >= 4 is 29.2 Å². The van der Waals surface area contributed by atoms with Gasteiger partial charge in [0.05, 0.1) is 10.7 Å². The van der Waals surface area contributed by atoms with Crippen molar-refractivity contribution in [2.45, 2.75) is 72.3 Å². The zero-order valence-electron chi connectivity index (χ0n) is 21.6. The molecule has 0 radical (unpaired) electrons. The Hall–Kier alpha value is -3.00. The van der Waals surface area contributed by atoms with Crippen LogP contribution in [0.1, 0.15) is 75.7 Å². The highest BCUT2D eigenvalue weighted by Gasteiger charge is 2.26. The van der Waals surface area contributed by atoms with Crippen LogP contribution in [0.15, 0.2) is 35.0 Å². The number of hydrogen-bond acceptors (Lipinski definition) is 7. The normalized spacial score (nSPS) is 20.5. The lowest BCUT2D eigenvalue weighted by molar-refractivity contribution is -0.135. The van der Waals surface area contributed by atoms with Gasteiger partial charge in [0.1, 0.15) is 23.2 Å². The minimum Gasteiger partial charge on any atom is -0.507 e. The van der Waals surface area contributed by atoms with Crippen molar-refractivity contribution in [2.75, 3.05) is 19.7 Å². The van der Waals surface area contributed by atoms with Gasteiger partial charge in [-0.1, -0.05) is 47.8 Å². The Bertz CT molecular complexity index is 1010. The number of nitrogens with zero attached hydrogens (tertiary/aromatic N) is 2. The number of esters is 1. The van der Waals surface area contributed by atoms with Crippen LogP contribution >= 0.6 is 11.6 Å². The molecule has 1 aromatic rings. The quantitative estimate of drug-likeness (QED) is 0.277. The lowest BCUT2D eigenvalue weighted by Gasteiger charge is -2.19. The third-order valence-electron chi connectivity index (χ3n) is 5.94. The second-order valence-electron chi connectivity index (χ2n) is 8.73. The first-order valence-electron chi connectivity index (χ1n) is 12.4. The standard InChI is InChI=1S/C27H37ClN2O6/c1-5-11-20-13-10-8-9-12-18(4)14-19(29-35-17-24(33)30(6-2)7-3)15-21-25(27(34)36-20)22(31)16-23(32)26(21)28/h8,10,14,16,20,31-32H,5-7,9,11-13,15,17H2,1-4H3/b10-8+,18-14+,29-19-. The number of amides is 1. The van der Waals surface area contributed by atoms with Crippen LogP contribution < -0.4 is 0 Å². The summed E-state index contributed by atoms with van der Waals surface area (Å²) >= 11 is 6.41. The molecule has 9 heteroatoms. The molecule has 1 aromatic carbocycles. The van der Waals surface area contributed by atoms with Crippen molar-refractivity contribution < 1.29 is 29.4 Å². The summed E-state index contributed by atoms with van der Waals surface area (Å²) in [4.78, 5) is 32.5. The first-order chi connectivity index (χ1) is 17.2. The molecule has 2 rings (SSSR count). The molecule has 36 heavy (non-hydrogen) atoms. The Balaban J connectivity index is 2.51. The van der Waals surface area contributed by atoms with E-state index in [1.54, 1.807) is 11.0 Å². The van der Waals surface area contributed by atoms with Gasteiger partial charge in [0.2, 0.25) is 0 Å². The molecule has 0 spiro atoms. The molecule has 1 atom stereocenters. The molecule has 0 saturated carbocycles. The lowest BCUT2D eigenvalue weighted by Crippen LogP contribution is -2.33. The van der Waals surface area contributed by atoms with Gasteiger partial charge >= 0.3 is 5.97 Å². The maximum absolute atomic E-state index is 13.2. The summed E-state index contributed by atoms with van der Waals surface area (Å²) in [6, 6.07) is 1.03. The Kier molecular flexibility index (Phi) is 11.8. The molecule has 1 aliphatic heterocycles. The monoisotopic (exact) mass is 520 g/mol. The molecule has 2 N–H and O–H groups in total. The predicted octanol–water partition coefficient (Wildman–Crippen LogP) is 5.55. The van der Waals surface area contributed by atoms with Gasteiger partial charge in [-0.05, 0) is 51.7 Å². The van der Waals surface area contributed by atoms with Gasteiger partial charge in [0, 0.05) is 32.0 Å². The number of phenols is 2. The molecule has 198 valence electrons. The highest BCUT2D eigenvalue weighted by Crippen LogP contribution is 2.37. The van der Waals surface area contributed by atoms with E-state index in [4.69, 9.17) is 21.2 Å². The highest BCUT2D eigenvalue weighted by molar-refractivity contribution is 6.33. The molecule has 0 fully saturated rings. The van der Waals surface area contributed by atoms with Crippen molar-refractivity contribution in [3.05, 3.63) is 46.0 Å². The zero-order chi connectivity index (χ0) is 26.7. The summed E-state index contributed by atoms with van der Waals surface area (Å²) in [6.07, 6.45) is 9.06. The van der Waals surface area contributed by atoms with E-state index in [0.717, 1.165) is 30.9 Å². The molecule has 0 aromatic heterocycles. The number of likely N-dealkylation sites (N-methyl/N-ethyl adjacent to an activating group) is 1. The molecule has 0 aliphatic carbocycles. The fourth-order valence-electron chi connectivity index (χ4n) is 4.00. The molecule has 1 heterocycles. The maximum atomic E-state index is 13.2. The second-order valence-corrected chi connectivity index (χ2v) is 9.11. The van der Waals surface area contributed by atoms with Gasteiger partial charge in [-0.15, -0.1) is 0 Å². The van der Waals surface area contributed by atoms with Gasteiger partial charge in [0.25, 0.3) is 5.91 Å². The maximum Gasteiger partial charge on any atom is 0.342 e. The molecule has 1 amide bonds. The van der Waals surface area contributed by atoms with Crippen LogP contribution in [-0.2, 0) is 20.8 Å². The summed E-state index contributed by atoms with van der Waals surface area (Å²) in [5, 5.41) is 24.9. The fourth-order valence-corrected chi connectivity index (χ4v) is 4.21. The molecule has 1 unspecified atom stereocenters. The van der Waals surface area contributed by atoms with Crippen molar-refractivity contribution in [1.29, 1.82) is 0 Å². The van der Waals surface area contributed by atoms with E-state index in [-0.39, 0.29) is 46.9 Å². The summed E-state index contributed by atoms with van der Waals surface area (Å²) in [6.45, 7) is 8.60. The molecular formula is C27H37ClN2O6. The predicted molar refractivity (Wildman–Crippen MR) is 141 cm³/mol. The summed E-state index contributed by atoms with van der Waals surface area (Å²) < 4.78 is 5.73. The number of ether oxygens (including phenoxy) is 1. The number of hydrogen-bond donors (Lipinski definition) is 2. The number of oxime groups is 1. The Morgan fingerprint density at radius 1 is 1.22 bits per heavy atom. The second kappa shape index (κ2) is 14.5. The van der Waals surface area contributed by atoms with Gasteiger partial charge in [0.15, 0.2) is 6.61 Å². The smallest absolute Gasteiger partial charge is 0.342 e. The van der Waals surface area contributed by atoms with Crippen LogP contribution in [0, 0.1) is 0 Å². The Labute approximate surface area is 218 Å². The molecular weight excluding hydrogens is 484 g/mol. The number of carbonyl (C=O) groups is 2. The lowest BCUT2D eigenvalue weighted by atomic mass is 9.98. The number of benzene rings is 1. The molecule has 0 bridgehead atoms. The first kappa shape index (κ1) is 29.2. The van der Waals surface area contributed by atoms with Gasteiger partial charge in [-0.3, -0.25) is 4.79 Å². The van der Waals surface area contributed by atoms with E-state index >= 15 is 0 Å². The van der Waals surface area contributed by atoms with Gasteiger partial charge in [-0.2, -0.15) is 0 Å². The van der Waals surface area contributed by atoms with Crippen molar-refractivity contribution in [3.63, 3.8) is 0 Å². The minimum absolute atomic E-state index is 0.0314. The van der Waals surface area contributed by atoms with E-state index in [9.17, 15) is 19.8 Å². The summed E-state index contributed by atoms with van der Waals surface area (Å²) in [5.41, 5.74) is 1.43. The van der Waals surface area contributed by atoms with Crippen LogP contribution in [0.5, 0.6) is 11.5 Å². The van der Waals surface area contributed by atoms with E-state index in [2.05, 4.69) is 11.2 Å².